The first-order valence-electron chi connectivity index (χ1n) is 6.35. The predicted molar refractivity (Wildman–Crippen MR) is 80.1 cm³/mol. The lowest BCUT2D eigenvalue weighted by molar-refractivity contribution is 0.459. The zero-order valence-corrected chi connectivity index (χ0v) is 12.7. The minimum atomic E-state index is -0.238. The molecule has 0 saturated carbocycles. The van der Waals surface area contributed by atoms with Crippen LogP contribution in [0.5, 0.6) is 0 Å². The maximum Gasteiger partial charge on any atom is 0.137 e. The Morgan fingerprint density at radius 2 is 2.11 bits per heavy atom. The van der Waals surface area contributed by atoms with Crippen LogP contribution in [-0.2, 0) is 0 Å². The van der Waals surface area contributed by atoms with Crippen LogP contribution in [0.25, 0.3) is 11.3 Å². The molecule has 1 aliphatic heterocycles. The van der Waals surface area contributed by atoms with Crippen molar-refractivity contribution in [3.05, 3.63) is 38.9 Å². The molecule has 0 atom stereocenters. The van der Waals surface area contributed by atoms with E-state index in [-0.39, 0.29) is 5.82 Å². The van der Waals surface area contributed by atoms with Gasteiger partial charge in [0.05, 0.1) is 15.2 Å². The van der Waals surface area contributed by atoms with Crippen LogP contribution in [0.3, 0.4) is 0 Å². The Morgan fingerprint density at radius 1 is 1.32 bits per heavy atom. The summed E-state index contributed by atoms with van der Waals surface area (Å²) in [4.78, 5) is 4.72. The Morgan fingerprint density at radius 3 is 2.84 bits per heavy atom. The molecule has 5 heteroatoms. The lowest BCUT2D eigenvalue weighted by Crippen LogP contribution is -2.26. The van der Waals surface area contributed by atoms with Crippen molar-refractivity contribution < 1.29 is 4.39 Å². The number of benzene rings is 1. The standard InChI is InChI=1S/C14H14BrFN2S/c15-11-7-10(1-2-12(11)16)13-8-19-14(18-13)9-3-5-17-6-4-9/h1-2,7-9,17H,3-6H2. The number of hydrogen-bond donors (Lipinski definition) is 1. The molecule has 1 aromatic heterocycles. The van der Waals surface area contributed by atoms with Gasteiger partial charge in [-0.05, 0) is 60.1 Å². The summed E-state index contributed by atoms with van der Waals surface area (Å²) >= 11 is 4.93. The maximum absolute atomic E-state index is 13.2. The molecule has 2 heterocycles. The van der Waals surface area contributed by atoms with Gasteiger partial charge in [0.25, 0.3) is 0 Å². The van der Waals surface area contributed by atoms with Crippen LogP contribution in [0, 0.1) is 5.82 Å². The van der Waals surface area contributed by atoms with Gasteiger partial charge in [-0.25, -0.2) is 9.37 Å². The third-order valence-corrected chi connectivity index (χ3v) is 5.04. The van der Waals surface area contributed by atoms with Gasteiger partial charge in [0.2, 0.25) is 0 Å². The van der Waals surface area contributed by atoms with Gasteiger partial charge in [0, 0.05) is 16.9 Å². The Labute approximate surface area is 124 Å². The van der Waals surface area contributed by atoms with E-state index in [1.807, 2.05) is 0 Å². The van der Waals surface area contributed by atoms with E-state index in [1.54, 1.807) is 23.5 Å². The highest BCUT2D eigenvalue weighted by molar-refractivity contribution is 9.10. The minimum Gasteiger partial charge on any atom is -0.317 e. The zero-order chi connectivity index (χ0) is 13.2. The number of thiazole rings is 1. The highest BCUT2D eigenvalue weighted by Crippen LogP contribution is 2.32. The van der Waals surface area contributed by atoms with E-state index in [0.29, 0.717) is 10.4 Å². The number of piperidine rings is 1. The monoisotopic (exact) mass is 340 g/mol. The van der Waals surface area contributed by atoms with Crippen LogP contribution in [-0.4, -0.2) is 18.1 Å². The van der Waals surface area contributed by atoms with Crippen molar-refractivity contribution >= 4 is 27.3 Å². The van der Waals surface area contributed by atoms with Gasteiger partial charge >= 0.3 is 0 Å². The van der Waals surface area contributed by atoms with Crippen molar-refractivity contribution in [2.24, 2.45) is 0 Å². The fourth-order valence-corrected chi connectivity index (χ4v) is 3.71. The summed E-state index contributed by atoms with van der Waals surface area (Å²) < 4.78 is 13.7. The quantitative estimate of drug-likeness (QED) is 0.886. The van der Waals surface area contributed by atoms with Gasteiger partial charge in [0.1, 0.15) is 5.82 Å². The highest BCUT2D eigenvalue weighted by Gasteiger charge is 2.18. The summed E-state index contributed by atoms with van der Waals surface area (Å²) in [5.74, 6) is 0.335. The van der Waals surface area contributed by atoms with E-state index in [1.165, 1.54) is 11.1 Å². The summed E-state index contributed by atoms with van der Waals surface area (Å²) in [7, 11) is 0. The molecule has 0 radical (unpaired) electrons. The van der Waals surface area contributed by atoms with Crippen molar-refractivity contribution in [3.63, 3.8) is 0 Å². The molecule has 0 bridgehead atoms. The first-order valence-corrected chi connectivity index (χ1v) is 8.03. The molecule has 0 amide bonds. The van der Waals surface area contributed by atoms with Gasteiger partial charge in [-0.15, -0.1) is 11.3 Å². The molecule has 1 fully saturated rings. The number of nitrogens with one attached hydrogen (secondary N) is 1. The molecular weight excluding hydrogens is 327 g/mol. The fourth-order valence-electron chi connectivity index (χ4n) is 2.33. The molecule has 19 heavy (non-hydrogen) atoms. The molecule has 0 spiro atoms. The van der Waals surface area contributed by atoms with Crippen LogP contribution < -0.4 is 5.32 Å². The van der Waals surface area contributed by atoms with E-state index >= 15 is 0 Å². The maximum atomic E-state index is 13.2. The van der Waals surface area contributed by atoms with Gasteiger partial charge in [-0.3, -0.25) is 0 Å². The zero-order valence-electron chi connectivity index (χ0n) is 10.3. The van der Waals surface area contributed by atoms with E-state index < -0.39 is 0 Å². The molecule has 1 aromatic carbocycles. The molecule has 3 rings (SSSR count). The smallest absolute Gasteiger partial charge is 0.137 e. The molecule has 2 nitrogen and oxygen atoms in total. The average Bonchev–Trinajstić information content (AvgIpc) is 2.93. The van der Waals surface area contributed by atoms with Crippen LogP contribution >= 0.6 is 27.3 Å². The van der Waals surface area contributed by atoms with Crippen LogP contribution in [0.1, 0.15) is 23.8 Å². The molecule has 1 N–H and O–H groups in total. The highest BCUT2D eigenvalue weighted by atomic mass is 79.9. The van der Waals surface area contributed by atoms with Crippen molar-refractivity contribution in [2.45, 2.75) is 18.8 Å². The third-order valence-electron chi connectivity index (χ3n) is 3.43. The first-order chi connectivity index (χ1) is 9.24. The lowest BCUT2D eigenvalue weighted by atomic mass is 9.99. The summed E-state index contributed by atoms with van der Waals surface area (Å²) in [6.45, 7) is 2.14. The largest absolute Gasteiger partial charge is 0.317 e. The van der Waals surface area contributed by atoms with E-state index in [0.717, 1.165) is 37.2 Å². The Kier molecular flexibility index (Phi) is 3.96. The van der Waals surface area contributed by atoms with Gasteiger partial charge in [-0.1, -0.05) is 0 Å². The summed E-state index contributed by atoms with van der Waals surface area (Å²) in [6.07, 6.45) is 2.31. The number of nitrogens with zero attached hydrogens (tertiary/aromatic N) is 1. The Bertz CT molecular complexity index is 579. The molecule has 2 aromatic rings. The minimum absolute atomic E-state index is 0.238. The van der Waals surface area contributed by atoms with Crippen LogP contribution in [0.15, 0.2) is 28.1 Å². The summed E-state index contributed by atoms with van der Waals surface area (Å²) in [6, 6.07) is 5.04. The Hall–Kier alpha value is -0.780. The van der Waals surface area contributed by atoms with Gasteiger partial charge in [0.15, 0.2) is 0 Å². The van der Waals surface area contributed by atoms with Gasteiger partial charge in [-0.2, -0.15) is 0 Å². The Balaban J connectivity index is 1.85. The number of aromatic nitrogens is 1. The molecule has 0 unspecified atom stereocenters. The molecular formula is C14H14BrFN2S. The molecule has 1 saturated heterocycles. The SMILES string of the molecule is Fc1ccc(-c2csc(C3CCNCC3)n2)cc1Br. The van der Waals surface area contributed by atoms with E-state index in [2.05, 4.69) is 26.6 Å². The van der Waals surface area contributed by atoms with Gasteiger partial charge < -0.3 is 5.32 Å². The summed E-state index contributed by atoms with van der Waals surface area (Å²) in [5.41, 5.74) is 1.91. The first kappa shape index (κ1) is 13.2. The summed E-state index contributed by atoms with van der Waals surface area (Å²) in [5, 5.41) is 6.64. The lowest BCUT2D eigenvalue weighted by Gasteiger charge is -2.20. The normalized spacial score (nSPS) is 16.7. The second kappa shape index (κ2) is 5.69. The number of halogens is 2. The molecule has 1 aliphatic rings. The van der Waals surface area contributed by atoms with Crippen molar-refractivity contribution in [1.82, 2.24) is 10.3 Å². The third kappa shape index (κ3) is 2.88. The average molecular weight is 341 g/mol. The molecule has 0 aliphatic carbocycles. The topological polar surface area (TPSA) is 24.9 Å². The number of hydrogen-bond acceptors (Lipinski definition) is 3. The van der Waals surface area contributed by atoms with Crippen molar-refractivity contribution in [3.8, 4) is 11.3 Å². The second-order valence-electron chi connectivity index (χ2n) is 4.72. The van der Waals surface area contributed by atoms with E-state index in [9.17, 15) is 4.39 Å². The predicted octanol–water partition coefficient (Wildman–Crippen LogP) is 4.18. The fraction of sp³-hybridized carbons (Fsp3) is 0.357. The van der Waals surface area contributed by atoms with Crippen molar-refractivity contribution in [2.75, 3.05) is 13.1 Å². The van der Waals surface area contributed by atoms with E-state index in [4.69, 9.17) is 4.98 Å². The van der Waals surface area contributed by atoms with Crippen LogP contribution in [0.2, 0.25) is 0 Å². The number of rotatable bonds is 2. The second-order valence-corrected chi connectivity index (χ2v) is 6.47. The molecule has 100 valence electrons. The van der Waals surface area contributed by atoms with Crippen molar-refractivity contribution in [1.29, 1.82) is 0 Å². The van der Waals surface area contributed by atoms with Crippen LogP contribution in [0.4, 0.5) is 4.39 Å².